The average Bonchev–Trinajstić information content (AvgIpc) is 2.35. The molecule has 0 spiro atoms. The maximum atomic E-state index is 10.8. The van der Waals surface area contributed by atoms with E-state index in [1.54, 1.807) is 6.20 Å². The molecule has 1 unspecified atom stereocenters. The van der Waals surface area contributed by atoms with Crippen LogP contribution in [0.1, 0.15) is 33.3 Å². The number of pyridine rings is 1. The molecule has 1 aromatic carbocycles. The molecule has 102 valence electrons. The fourth-order valence-electron chi connectivity index (χ4n) is 2.11. The van der Waals surface area contributed by atoms with Gasteiger partial charge in [0.2, 0.25) is 0 Å². The molecule has 19 heavy (non-hydrogen) atoms. The molecular formula is C16H22N2O. The van der Waals surface area contributed by atoms with Crippen molar-refractivity contribution in [1.29, 1.82) is 0 Å². The molecule has 0 bridgehead atoms. The first-order valence-electron chi connectivity index (χ1n) is 6.61. The molecule has 0 aliphatic rings. The molecule has 0 aliphatic carbocycles. The van der Waals surface area contributed by atoms with Gasteiger partial charge in [0.25, 0.3) is 0 Å². The van der Waals surface area contributed by atoms with Gasteiger partial charge in [0.05, 0.1) is 11.1 Å². The summed E-state index contributed by atoms with van der Waals surface area (Å²) in [5.74, 6) is 0. The number of benzene rings is 1. The predicted octanol–water partition coefficient (Wildman–Crippen LogP) is 2.83. The van der Waals surface area contributed by atoms with Crippen molar-refractivity contribution in [3.05, 3.63) is 42.1 Å². The van der Waals surface area contributed by atoms with Crippen molar-refractivity contribution in [1.82, 2.24) is 10.3 Å². The standard InChI is InChI=1S/C16H22N2O/c1-15(2,3)18-11-16(4,19)13-8-5-9-14-12(13)7-6-10-17-14/h5-10,18-19H,11H2,1-4H3. The zero-order chi connectivity index (χ0) is 14.1. The largest absolute Gasteiger partial charge is 0.384 e. The van der Waals surface area contributed by atoms with E-state index in [1.807, 2.05) is 37.3 Å². The lowest BCUT2D eigenvalue weighted by Crippen LogP contribution is -2.44. The molecular weight excluding hydrogens is 236 g/mol. The third-order valence-corrected chi connectivity index (χ3v) is 3.19. The van der Waals surface area contributed by atoms with Gasteiger partial charge < -0.3 is 10.4 Å². The second-order valence-electron chi connectivity index (χ2n) is 6.25. The van der Waals surface area contributed by atoms with Crippen molar-refractivity contribution < 1.29 is 5.11 Å². The minimum atomic E-state index is -0.921. The molecule has 1 aromatic heterocycles. The minimum Gasteiger partial charge on any atom is -0.384 e. The van der Waals surface area contributed by atoms with Crippen LogP contribution in [0.25, 0.3) is 10.9 Å². The van der Waals surface area contributed by atoms with Gasteiger partial charge >= 0.3 is 0 Å². The third-order valence-electron chi connectivity index (χ3n) is 3.19. The summed E-state index contributed by atoms with van der Waals surface area (Å²) in [7, 11) is 0. The highest BCUT2D eigenvalue weighted by molar-refractivity contribution is 5.82. The van der Waals surface area contributed by atoms with E-state index in [0.717, 1.165) is 16.5 Å². The number of nitrogens with zero attached hydrogens (tertiary/aromatic N) is 1. The monoisotopic (exact) mass is 258 g/mol. The average molecular weight is 258 g/mol. The molecule has 0 radical (unpaired) electrons. The lowest BCUT2D eigenvalue weighted by Gasteiger charge is -2.30. The van der Waals surface area contributed by atoms with E-state index in [-0.39, 0.29) is 5.54 Å². The number of nitrogens with one attached hydrogen (secondary N) is 1. The Morgan fingerprint density at radius 1 is 1.11 bits per heavy atom. The Balaban J connectivity index is 2.37. The Bertz CT molecular complexity index is 565. The van der Waals surface area contributed by atoms with Crippen molar-refractivity contribution in [3.8, 4) is 0 Å². The number of hydrogen-bond donors (Lipinski definition) is 2. The molecule has 0 fully saturated rings. The highest BCUT2D eigenvalue weighted by Gasteiger charge is 2.26. The van der Waals surface area contributed by atoms with Crippen molar-refractivity contribution in [2.75, 3.05) is 6.54 Å². The Kier molecular flexibility index (Phi) is 3.61. The lowest BCUT2D eigenvalue weighted by molar-refractivity contribution is 0.0516. The van der Waals surface area contributed by atoms with E-state index in [1.165, 1.54) is 0 Å². The number of rotatable bonds is 3. The predicted molar refractivity (Wildman–Crippen MR) is 79.1 cm³/mol. The summed E-state index contributed by atoms with van der Waals surface area (Å²) >= 11 is 0. The Labute approximate surface area is 114 Å². The molecule has 3 nitrogen and oxygen atoms in total. The van der Waals surface area contributed by atoms with Crippen LogP contribution in [-0.2, 0) is 5.60 Å². The first-order chi connectivity index (χ1) is 8.80. The zero-order valence-corrected chi connectivity index (χ0v) is 12.1. The van der Waals surface area contributed by atoms with Crippen LogP contribution in [0.2, 0.25) is 0 Å². The summed E-state index contributed by atoms with van der Waals surface area (Å²) in [6.07, 6.45) is 1.77. The SMILES string of the molecule is CC(C)(C)NCC(C)(O)c1cccc2ncccc12. The van der Waals surface area contributed by atoms with Crippen LogP contribution in [0.3, 0.4) is 0 Å². The van der Waals surface area contributed by atoms with E-state index in [4.69, 9.17) is 0 Å². The second-order valence-corrected chi connectivity index (χ2v) is 6.25. The van der Waals surface area contributed by atoms with Gasteiger partial charge in [-0.25, -0.2) is 0 Å². The van der Waals surface area contributed by atoms with E-state index in [9.17, 15) is 5.11 Å². The van der Waals surface area contributed by atoms with E-state index >= 15 is 0 Å². The van der Waals surface area contributed by atoms with Crippen LogP contribution in [0.15, 0.2) is 36.5 Å². The summed E-state index contributed by atoms with van der Waals surface area (Å²) < 4.78 is 0. The van der Waals surface area contributed by atoms with Gasteiger partial charge in [-0.3, -0.25) is 4.98 Å². The molecule has 3 heteroatoms. The quantitative estimate of drug-likeness (QED) is 0.890. The van der Waals surface area contributed by atoms with Gasteiger partial charge in [0, 0.05) is 23.7 Å². The van der Waals surface area contributed by atoms with Gasteiger partial charge in [0.15, 0.2) is 0 Å². The lowest BCUT2D eigenvalue weighted by atomic mass is 9.91. The normalized spacial score (nSPS) is 15.4. The van der Waals surface area contributed by atoms with Crippen molar-refractivity contribution in [2.24, 2.45) is 0 Å². The second kappa shape index (κ2) is 4.91. The van der Waals surface area contributed by atoms with Crippen LogP contribution in [0, 0.1) is 0 Å². The first kappa shape index (κ1) is 14.0. The molecule has 0 saturated heterocycles. The number of aromatic nitrogens is 1. The first-order valence-corrected chi connectivity index (χ1v) is 6.61. The number of aliphatic hydroxyl groups is 1. The van der Waals surface area contributed by atoms with Crippen LogP contribution in [0.5, 0.6) is 0 Å². The minimum absolute atomic E-state index is 0.0210. The van der Waals surface area contributed by atoms with Crippen molar-refractivity contribution in [2.45, 2.75) is 38.8 Å². The van der Waals surface area contributed by atoms with Crippen molar-refractivity contribution in [3.63, 3.8) is 0 Å². The zero-order valence-electron chi connectivity index (χ0n) is 12.1. The Morgan fingerprint density at radius 3 is 2.53 bits per heavy atom. The molecule has 0 aliphatic heterocycles. The van der Waals surface area contributed by atoms with Gasteiger partial charge in [-0.2, -0.15) is 0 Å². The fraction of sp³-hybridized carbons (Fsp3) is 0.438. The maximum Gasteiger partial charge on any atom is 0.0999 e. The summed E-state index contributed by atoms with van der Waals surface area (Å²) in [5.41, 5.74) is 0.883. The van der Waals surface area contributed by atoms with E-state index < -0.39 is 5.60 Å². The Morgan fingerprint density at radius 2 is 1.84 bits per heavy atom. The highest BCUT2D eigenvalue weighted by atomic mass is 16.3. The van der Waals surface area contributed by atoms with Crippen LogP contribution >= 0.6 is 0 Å². The molecule has 2 N–H and O–H groups in total. The summed E-state index contributed by atoms with van der Waals surface area (Å²) in [4.78, 5) is 4.33. The number of fused-ring (bicyclic) bond motifs is 1. The summed E-state index contributed by atoms with van der Waals surface area (Å²) in [5, 5.41) is 15.1. The number of hydrogen-bond acceptors (Lipinski definition) is 3. The molecule has 1 atom stereocenters. The molecule has 0 amide bonds. The fourth-order valence-corrected chi connectivity index (χ4v) is 2.11. The summed E-state index contributed by atoms with van der Waals surface area (Å²) in [6, 6.07) is 9.78. The molecule has 0 saturated carbocycles. The van der Waals surface area contributed by atoms with Crippen LogP contribution < -0.4 is 5.32 Å². The number of β-amino-alcohol motifs (C(OH)–C–C–N with tert-alkyl or cyclic N) is 1. The maximum absolute atomic E-state index is 10.8. The third kappa shape index (κ3) is 3.31. The molecule has 2 rings (SSSR count). The summed E-state index contributed by atoms with van der Waals surface area (Å²) in [6.45, 7) is 8.62. The smallest absolute Gasteiger partial charge is 0.0999 e. The Hall–Kier alpha value is -1.45. The van der Waals surface area contributed by atoms with Crippen LogP contribution in [-0.4, -0.2) is 22.2 Å². The van der Waals surface area contributed by atoms with Gasteiger partial charge in [-0.15, -0.1) is 0 Å². The van der Waals surface area contributed by atoms with Crippen LogP contribution in [0.4, 0.5) is 0 Å². The highest BCUT2D eigenvalue weighted by Crippen LogP contribution is 2.27. The van der Waals surface area contributed by atoms with Gasteiger partial charge in [-0.05, 0) is 45.4 Å². The molecule has 1 heterocycles. The van der Waals surface area contributed by atoms with Gasteiger partial charge in [-0.1, -0.05) is 18.2 Å². The molecule has 2 aromatic rings. The van der Waals surface area contributed by atoms with Gasteiger partial charge in [0.1, 0.15) is 0 Å². The van der Waals surface area contributed by atoms with Crippen molar-refractivity contribution >= 4 is 10.9 Å². The van der Waals surface area contributed by atoms with E-state index in [0.29, 0.717) is 6.54 Å². The topological polar surface area (TPSA) is 45.1 Å². The van der Waals surface area contributed by atoms with E-state index in [2.05, 4.69) is 31.1 Å².